The van der Waals surface area contributed by atoms with E-state index in [1.54, 1.807) is 6.26 Å². The SMILES string of the molecule is CN(C1CCN([S+](C)[O-])CC1)C(C)(C)C(=O)NC(=O)C=C(N)C1CCOCC1. The first-order valence-corrected chi connectivity index (χ1v) is 11.4. The van der Waals surface area contributed by atoms with Crippen LogP contribution in [-0.4, -0.2) is 76.8 Å². The highest BCUT2D eigenvalue weighted by atomic mass is 32.2. The summed E-state index contributed by atoms with van der Waals surface area (Å²) in [4.78, 5) is 27.1. The van der Waals surface area contributed by atoms with E-state index in [2.05, 4.69) is 5.32 Å². The van der Waals surface area contributed by atoms with Gasteiger partial charge < -0.3 is 15.0 Å². The third-order valence-corrected chi connectivity index (χ3v) is 7.09. The molecule has 0 aromatic carbocycles. The number of hydrogen-bond donors (Lipinski definition) is 2. The summed E-state index contributed by atoms with van der Waals surface area (Å²) in [5.74, 6) is -0.705. The van der Waals surface area contributed by atoms with Crippen molar-refractivity contribution >= 4 is 23.2 Å². The normalized spacial score (nSPS) is 22.3. The average Bonchev–Trinajstić information content (AvgIpc) is 2.67. The van der Waals surface area contributed by atoms with Crippen molar-refractivity contribution in [3.63, 3.8) is 0 Å². The largest absolute Gasteiger partial charge is 0.598 e. The van der Waals surface area contributed by atoms with Crippen LogP contribution in [-0.2, 0) is 25.7 Å². The van der Waals surface area contributed by atoms with E-state index in [4.69, 9.17) is 10.5 Å². The molecule has 0 aliphatic carbocycles. The molecule has 0 spiro atoms. The van der Waals surface area contributed by atoms with Gasteiger partial charge in [-0.2, -0.15) is 0 Å². The number of likely N-dealkylation sites (N-methyl/N-ethyl adjacent to an activating group) is 1. The molecular formula is C19H34N4O4S. The molecule has 2 saturated heterocycles. The van der Waals surface area contributed by atoms with Gasteiger partial charge in [-0.15, -0.1) is 4.31 Å². The number of nitrogens with zero attached hydrogens (tertiary/aromatic N) is 2. The van der Waals surface area contributed by atoms with Gasteiger partial charge in [-0.1, -0.05) is 0 Å². The molecule has 2 fully saturated rings. The summed E-state index contributed by atoms with van der Waals surface area (Å²) in [5.41, 5.74) is 5.69. The summed E-state index contributed by atoms with van der Waals surface area (Å²) in [6.07, 6.45) is 6.26. The maximum Gasteiger partial charge on any atom is 0.252 e. The average molecular weight is 415 g/mol. The van der Waals surface area contributed by atoms with Crippen LogP contribution in [0.3, 0.4) is 0 Å². The van der Waals surface area contributed by atoms with E-state index < -0.39 is 22.8 Å². The summed E-state index contributed by atoms with van der Waals surface area (Å²) >= 11 is -0.961. The molecule has 28 heavy (non-hydrogen) atoms. The van der Waals surface area contributed by atoms with Crippen LogP contribution in [0.2, 0.25) is 0 Å². The molecule has 2 rings (SSSR count). The van der Waals surface area contributed by atoms with E-state index in [1.165, 1.54) is 6.08 Å². The highest BCUT2D eigenvalue weighted by Gasteiger charge is 2.39. The molecule has 1 atom stereocenters. The van der Waals surface area contributed by atoms with Gasteiger partial charge in [-0.05, 0) is 46.6 Å². The van der Waals surface area contributed by atoms with Crippen LogP contribution < -0.4 is 11.1 Å². The lowest BCUT2D eigenvalue weighted by Crippen LogP contribution is -2.59. The Balaban J connectivity index is 1.91. The van der Waals surface area contributed by atoms with Crippen LogP contribution in [0.5, 0.6) is 0 Å². The number of nitrogens with two attached hydrogens (primary N) is 1. The van der Waals surface area contributed by atoms with E-state index in [-0.39, 0.29) is 17.9 Å². The molecule has 3 N–H and O–H groups in total. The fourth-order valence-corrected chi connectivity index (χ4v) is 4.43. The Morgan fingerprint density at radius 2 is 1.82 bits per heavy atom. The van der Waals surface area contributed by atoms with Crippen LogP contribution in [0.1, 0.15) is 39.5 Å². The molecule has 0 saturated carbocycles. The number of hydrogen-bond acceptors (Lipinski definition) is 7. The van der Waals surface area contributed by atoms with E-state index in [1.807, 2.05) is 30.1 Å². The van der Waals surface area contributed by atoms with Gasteiger partial charge in [-0.3, -0.25) is 19.8 Å². The van der Waals surface area contributed by atoms with Crippen molar-refractivity contribution in [1.29, 1.82) is 0 Å². The van der Waals surface area contributed by atoms with Gasteiger partial charge in [0.15, 0.2) is 0 Å². The molecule has 2 aliphatic rings. The smallest absolute Gasteiger partial charge is 0.252 e. The van der Waals surface area contributed by atoms with Gasteiger partial charge in [0.1, 0.15) is 6.26 Å². The predicted octanol–water partition coefficient (Wildman–Crippen LogP) is 0.367. The van der Waals surface area contributed by atoms with Crippen LogP contribution in [0.25, 0.3) is 0 Å². The lowest BCUT2D eigenvalue weighted by molar-refractivity contribution is -0.136. The Hall–Kier alpha value is -1.13. The van der Waals surface area contributed by atoms with Crippen molar-refractivity contribution in [2.24, 2.45) is 11.7 Å². The number of piperidine rings is 1. The number of nitrogens with one attached hydrogen (secondary N) is 1. The summed E-state index contributed by atoms with van der Waals surface area (Å²) in [5, 5.41) is 2.47. The van der Waals surface area contributed by atoms with Crippen LogP contribution in [0.15, 0.2) is 11.8 Å². The Kier molecular flexibility index (Phi) is 8.32. The Morgan fingerprint density at radius 1 is 1.25 bits per heavy atom. The number of amides is 2. The van der Waals surface area contributed by atoms with Crippen molar-refractivity contribution < 1.29 is 18.9 Å². The third kappa shape index (κ3) is 5.93. The van der Waals surface area contributed by atoms with Gasteiger partial charge >= 0.3 is 0 Å². The summed E-state index contributed by atoms with van der Waals surface area (Å²) in [6, 6.07) is 0.193. The first-order valence-electron chi connectivity index (χ1n) is 9.84. The topological polar surface area (TPSA) is 111 Å². The standard InChI is InChI=1S/C19H34N4O4S/c1-19(2,22(3)15-5-9-23(10-6-15)28(4)26)18(25)21-17(24)13-16(20)14-7-11-27-12-8-14/h13-15H,5-12,20H2,1-4H3,(H,21,24,25). The van der Waals surface area contributed by atoms with Crippen molar-refractivity contribution in [3.8, 4) is 0 Å². The zero-order valence-corrected chi connectivity index (χ0v) is 18.2. The predicted molar refractivity (Wildman–Crippen MR) is 109 cm³/mol. The maximum atomic E-state index is 12.8. The van der Waals surface area contributed by atoms with E-state index in [0.29, 0.717) is 18.9 Å². The van der Waals surface area contributed by atoms with Crippen LogP contribution in [0.4, 0.5) is 0 Å². The molecule has 2 amide bonds. The molecule has 9 heteroatoms. The van der Waals surface area contributed by atoms with Gasteiger partial charge in [-0.25, -0.2) is 0 Å². The first kappa shape index (κ1) is 23.2. The molecule has 2 aliphatic heterocycles. The maximum absolute atomic E-state index is 12.8. The first-order chi connectivity index (χ1) is 13.1. The van der Waals surface area contributed by atoms with Crippen LogP contribution >= 0.6 is 0 Å². The van der Waals surface area contributed by atoms with Crippen molar-refractivity contribution in [3.05, 3.63) is 11.8 Å². The molecule has 0 bridgehead atoms. The summed E-state index contributed by atoms with van der Waals surface area (Å²) < 4.78 is 18.8. The molecule has 0 radical (unpaired) electrons. The fourth-order valence-electron chi connectivity index (χ4n) is 3.70. The minimum Gasteiger partial charge on any atom is -0.598 e. The number of ether oxygens (including phenoxy) is 1. The second kappa shape index (κ2) is 10.1. The van der Waals surface area contributed by atoms with Crippen molar-refractivity contribution in [2.75, 3.05) is 39.6 Å². The molecule has 1 unspecified atom stereocenters. The van der Waals surface area contributed by atoms with Crippen molar-refractivity contribution in [2.45, 2.75) is 51.1 Å². The van der Waals surface area contributed by atoms with E-state index in [0.717, 1.165) is 38.8 Å². The zero-order valence-electron chi connectivity index (χ0n) is 17.4. The summed E-state index contributed by atoms with van der Waals surface area (Å²) in [6.45, 7) is 6.37. The van der Waals surface area contributed by atoms with Gasteiger partial charge in [0.2, 0.25) is 5.91 Å². The zero-order chi connectivity index (χ0) is 20.9. The van der Waals surface area contributed by atoms with Crippen LogP contribution in [0, 0.1) is 5.92 Å². The van der Waals surface area contributed by atoms with Gasteiger partial charge in [0.05, 0.1) is 5.54 Å². The monoisotopic (exact) mass is 414 g/mol. The fraction of sp³-hybridized carbons (Fsp3) is 0.789. The minimum atomic E-state index is -0.961. The Labute approximate surface area is 171 Å². The van der Waals surface area contributed by atoms with E-state index in [9.17, 15) is 14.1 Å². The van der Waals surface area contributed by atoms with Crippen molar-refractivity contribution in [1.82, 2.24) is 14.5 Å². The molecule has 2 heterocycles. The molecule has 160 valence electrons. The number of imide groups is 1. The Bertz CT molecular complexity index is 582. The second-order valence-electron chi connectivity index (χ2n) is 8.10. The van der Waals surface area contributed by atoms with Gasteiger partial charge in [0, 0.05) is 61.4 Å². The van der Waals surface area contributed by atoms with Gasteiger partial charge in [0.25, 0.3) is 5.91 Å². The number of rotatable bonds is 6. The minimum absolute atomic E-state index is 0.125. The third-order valence-electron chi connectivity index (χ3n) is 6.00. The number of carbonyl (C=O) groups is 2. The second-order valence-corrected chi connectivity index (χ2v) is 9.47. The Morgan fingerprint density at radius 3 is 2.36 bits per heavy atom. The highest BCUT2D eigenvalue weighted by Crippen LogP contribution is 2.24. The quantitative estimate of drug-likeness (QED) is 0.477. The molecular weight excluding hydrogens is 380 g/mol. The number of carbonyl (C=O) groups excluding carboxylic acids is 2. The summed E-state index contributed by atoms with van der Waals surface area (Å²) in [7, 11) is 1.90. The molecule has 8 nitrogen and oxygen atoms in total. The highest BCUT2D eigenvalue weighted by molar-refractivity contribution is 7.88. The lowest BCUT2D eigenvalue weighted by atomic mass is 9.95. The lowest BCUT2D eigenvalue weighted by Gasteiger charge is -2.42. The molecule has 0 aromatic heterocycles. The van der Waals surface area contributed by atoms with E-state index >= 15 is 0 Å². The molecule has 0 aromatic rings. The number of allylic oxidation sites excluding steroid dienone is 1.